The Morgan fingerprint density at radius 3 is 3.05 bits per heavy atom. The molecule has 0 radical (unpaired) electrons. The molecule has 3 rings (SSSR count). The van der Waals surface area contributed by atoms with E-state index in [1.165, 1.54) is 39.7 Å². The molecule has 1 aliphatic carbocycles. The van der Waals surface area contributed by atoms with Crippen LogP contribution in [0.15, 0.2) is 40.2 Å². The molecule has 2 aromatic rings. The number of benzene rings is 1. The van der Waals surface area contributed by atoms with E-state index in [-0.39, 0.29) is 0 Å². The smallest absolute Gasteiger partial charge is 0.0178 e. The Morgan fingerprint density at radius 1 is 1.26 bits per heavy atom. The van der Waals surface area contributed by atoms with Gasteiger partial charge < -0.3 is 5.32 Å². The van der Waals surface area contributed by atoms with E-state index in [0.717, 1.165) is 13.0 Å². The van der Waals surface area contributed by atoms with E-state index < -0.39 is 0 Å². The van der Waals surface area contributed by atoms with Gasteiger partial charge in [0.2, 0.25) is 0 Å². The van der Waals surface area contributed by atoms with E-state index in [0.29, 0.717) is 6.04 Å². The third-order valence-electron chi connectivity index (χ3n) is 3.78. The lowest BCUT2D eigenvalue weighted by atomic mass is 9.88. The first-order valence-electron chi connectivity index (χ1n) is 6.84. The molecular formula is C16H18BrNS. The van der Waals surface area contributed by atoms with Crippen molar-refractivity contribution < 1.29 is 0 Å². The molecule has 1 aliphatic rings. The second kappa shape index (κ2) is 6.21. The second-order valence-electron chi connectivity index (χ2n) is 5.14. The predicted molar refractivity (Wildman–Crippen MR) is 86.0 cm³/mol. The van der Waals surface area contributed by atoms with Crippen molar-refractivity contribution in [2.75, 3.05) is 6.54 Å². The van der Waals surface area contributed by atoms with Crippen molar-refractivity contribution in [1.82, 2.24) is 5.32 Å². The molecule has 0 spiro atoms. The van der Waals surface area contributed by atoms with Crippen LogP contribution in [0.2, 0.25) is 0 Å². The van der Waals surface area contributed by atoms with Gasteiger partial charge in [-0.2, -0.15) is 0 Å². The van der Waals surface area contributed by atoms with E-state index in [4.69, 9.17) is 0 Å². The maximum Gasteiger partial charge on any atom is 0.0178 e. The summed E-state index contributed by atoms with van der Waals surface area (Å²) in [6.45, 7) is 1.09. The van der Waals surface area contributed by atoms with Crippen LogP contribution in [0, 0.1) is 0 Å². The first-order valence-corrected chi connectivity index (χ1v) is 8.51. The van der Waals surface area contributed by atoms with Gasteiger partial charge in [0, 0.05) is 21.9 Å². The summed E-state index contributed by atoms with van der Waals surface area (Å²) in [6.07, 6.45) is 4.79. The fourth-order valence-corrected chi connectivity index (χ4v) is 3.87. The average molecular weight is 336 g/mol. The molecule has 0 fully saturated rings. The Labute approximate surface area is 127 Å². The molecule has 1 atom stereocenters. The average Bonchev–Trinajstić information content (AvgIpc) is 2.92. The molecule has 1 unspecified atom stereocenters. The van der Waals surface area contributed by atoms with Crippen LogP contribution in [0.4, 0.5) is 0 Å². The van der Waals surface area contributed by atoms with Gasteiger partial charge in [0.15, 0.2) is 0 Å². The highest BCUT2D eigenvalue weighted by Crippen LogP contribution is 2.24. The Morgan fingerprint density at radius 2 is 2.21 bits per heavy atom. The summed E-state index contributed by atoms with van der Waals surface area (Å²) in [5.74, 6) is 0. The Bertz CT molecular complexity index is 536. The molecule has 0 saturated carbocycles. The van der Waals surface area contributed by atoms with Crippen molar-refractivity contribution in [3.05, 3.63) is 56.2 Å². The van der Waals surface area contributed by atoms with Crippen LogP contribution in [0.5, 0.6) is 0 Å². The van der Waals surface area contributed by atoms with Crippen molar-refractivity contribution in [3.8, 4) is 0 Å². The minimum Gasteiger partial charge on any atom is -0.313 e. The van der Waals surface area contributed by atoms with E-state index in [1.807, 2.05) is 11.3 Å². The molecule has 1 nitrogen and oxygen atoms in total. The number of halogens is 1. The van der Waals surface area contributed by atoms with Gasteiger partial charge in [-0.15, -0.1) is 11.3 Å². The summed E-state index contributed by atoms with van der Waals surface area (Å²) in [5.41, 5.74) is 3.04. The summed E-state index contributed by atoms with van der Waals surface area (Å²) in [5, 5.41) is 5.87. The van der Waals surface area contributed by atoms with Gasteiger partial charge in [0.25, 0.3) is 0 Å². The molecule has 0 aliphatic heterocycles. The fraction of sp³-hybridized carbons (Fsp3) is 0.375. The highest BCUT2D eigenvalue weighted by molar-refractivity contribution is 9.10. The molecule has 3 heteroatoms. The van der Waals surface area contributed by atoms with E-state index in [1.54, 1.807) is 0 Å². The van der Waals surface area contributed by atoms with Crippen LogP contribution < -0.4 is 5.32 Å². The van der Waals surface area contributed by atoms with E-state index in [9.17, 15) is 0 Å². The first-order chi connectivity index (χ1) is 9.31. The predicted octanol–water partition coefficient (Wildman–Crippen LogP) is 4.20. The number of aryl methyl sites for hydroxylation is 1. The SMILES string of the molecule is Brc1ccc2c(c1)CCC(NCCc1cccs1)C2. The van der Waals surface area contributed by atoms with Gasteiger partial charge in [0.05, 0.1) is 0 Å². The highest BCUT2D eigenvalue weighted by Gasteiger charge is 2.17. The lowest BCUT2D eigenvalue weighted by Crippen LogP contribution is -2.35. The van der Waals surface area contributed by atoms with Gasteiger partial charge in [0.1, 0.15) is 0 Å². The number of nitrogens with one attached hydrogen (secondary N) is 1. The number of rotatable bonds is 4. The maximum absolute atomic E-state index is 3.71. The van der Waals surface area contributed by atoms with Crippen LogP contribution in [0.3, 0.4) is 0 Å². The van der Waals surface area contributed by atoms with Crippen LogP contribution >= 0.6 is 27.3 Å². The molecule has 100 valence electrons. The Hall–Kier alpha value is -0.640. The second-order valence-corrected chi connectivity index (χ2v) is 7.08. The van der Waals surface area contributed by atoms with E-state index >= 15 is 0 Å². The quantitative estimate of drug-likeness (QED) is 0.882. The van der Waals surface area contributed by atoms with Crippen molar-refractivity contribution >= 4 is 27.3 Å². The molecule has 0 amide bonds. The minimum atomic E-state index is 0.647. The third kappa shape index (κ3) is 3.47. The van der Waals surface area contributed by atoms with E-state index in [2.05, 4.69) is 57.0 Å². The van der Waals surface area contributed by atoms with Crippen molar-refractivity contribution in [1.29, 1.82) is 0 Å². The fourth-order valence-electron chi connectivity index (χ4n) is 2.75. The largest absolute Gasteiger partial charge is 0.313 e. The van der Waals surface area contributed by atoms with Crippen molar-refractivity contribution in [3.63, 3.8) is 0 Å². The molecule has 1 aromatic carbocycles. The first kappa shape index (κ1) is 13.3. The molecule has 1 N–H and O–H groups in total. The van der Waals surface area contributed by atoms with Gasteiger partial charge in [-0.3, -0.25) is 0 Å². The molecule has 0 bridgehead atoms. The van der Waals surface area contributed by atoms with Crippen molar-refractivity contribution in [2.45, 2.75) is 31.7 Å². The molecule has 1 heterocycles. The highest BCUT2D eigenvalue weighted by atomic mass is 79.9. The van der Waals surface area contributed by atoms with Crippen LogP contribution in [-0.2, 0) is 19.3 Å². The molecule has 0 saturated heterocycles. The van der Waals surface area contributed by atoms with Crippen LogP contribution in [-0.4, -0.2) is 12.6 Å². The molecular weight excluding hydrogens is 318 g/mol. The molecule has 1 aromatic heterocycles. The lowest BCUT2D eigenvalue weighted by molar-refractivity contribution is 0.462. The van der Waals surface area contributed by atoms with Gasteiger partial charge in [-0.1, -0.05) is 28.1 Å². The van der Waals surface area contributed by atoms with Crippen molar-refractivity contribution in [2.24, 2.45) is 0 Å². The topological polar surface area (TPSA) is 12.0 Å². The van der Waals surface area contributed by atoms with Crippen LogP contribution in [0.25, 0.3) is 0 Å². The zero-order valence-electron chi connectivity index (χ0n) is 10.9. The lowest BCUT2D eigenvalue weighted by Gasteiger charge is -2.25. The van der Waals surface area contributed by atoms with Gasteiger partial charge >= 0.3 is 0 Å². The number of hydrogen-bond acceptors (Lipinski definition) is 2. The Kier molecular flexibility index (Phi) is 4.36. The number of hydrogen-bond donors (Lipinski definition) is 1. The maximum atomic E-state index is 3.71. The summed E-state index contributed by atoms with van der Waals surface area (Å²) < 4.78 is 1.20. The standard InChI is InChI=1S/C16H18BrNS/c17-14-5-3-13-11-15(6-4-12(13)10-14)18-8-7-16-2-1-9-19-16/h1-3,5,9-10,15,18H,4,6-8,11H2. The van der Waals surface area contributed by atoms with Gasteiger partial charge in [-0.25, -0.2) is 0 Å². The number of fused-ring (bicyclic) bond motifs is 1. The monoisotopic (exact) mass is 335 g/mol. The summed E-state index contributed by atoms with van der Waals surface area (Å²) in [6, 6.07) is 11.7. The normalized spacial score (nSPS) is 18.3. The van der Waals surface area contributed by atoms with Gasteiger partial charge in [-0.05, 0) is 60.4 Å². The summed E-state index contributed by atoms with van der Waals surface area (Å²) in [7, 11) is 0. The third-order valence-corrected chi connectivity index (χ3v) is 5.21. The summed E-state index contributed by atoms with van der Waals surface area (Å²) in [4.78, 5) is 1.48. The molecule has 19 heavy (non-hydrogen) atoms. The summed E-state index contributed by atoms with van der Waals surface area (Å²) >= 11 is 5.41. The number of thiophene rings is 1. The Balaban J connectivity index is 1.53. The van der Waals surface area contributed by atoms with Crippen LogP contribution in [0.1, 0.15) is 22.4 Å². The zero-order valence-corrected chi connectivity index (χ0v) is 13.3. The zero-order chi connectivity index (χ0) is 13.1. The minimum absolute atomic E-state index is 0.647.